The molecule has 0 radical (unpaired) electrons. The van der Waals surface area contributed by atoms with Crippen molar-refractivity contribution in [2.45, 2.75) is 13.3 Å². The Bertz CT molecular complexity index is 197. The van der Waals surface area contributed by atoms with Gasteiger partial charge in [0.25, 0.3) is 0 Å². The lowest BCUT2D eigenvalue weighted by Gasteiger charge is -1.88. The molecule has 10 heavy (non-hydrogen) atoms. The fourth-order valence-electron chi connectivity index (χ4n) is 0.870. The molecule has 54 valence electrons. The minimum absolute atomic E-state index is 0.350. The Labute approximate surface area is 60.7 Å². The summed E-state index contributed by atoms with van der Waals surface area (Å²) in [6.45, 7) is 1.67. The minimum atomic E-state index is -0.350. The molecule has 0 N–H and O–H groups in total. The Morgan fingerprint density at radius 1 is 1.40 bits per heavy atom. The molecule has 0 aromatic rings. The van der Waals surface area contributed by atoms with Crippen molar-refractivity contribution in [2.24, 2.45) is 0 Å². The van der Waals surface area contributed by atoms with Crippen molar-refractivity contribution >= 4 is 0 Å². The van der Waals surface area contributed by atoms with Gasteiger partial charge in [-0.1, -0.05) is 29.9 Å². The summed E-state index contributed by atoms with van der Waals surface area (Å²) in [6.07, 6.45) is 8.63. The summed E-state index contributed by atoms with van der Waals surface area (Å²) in [4.78, 5) is 0. The predicted octanol–water partition coefficient (Wildman–Crippen LogP) is 2.79. The molecule has 0 saturated carbocycles. The predicted molar refractivity (Wildman–Crippen MR) is 41.6 cm³/mol. The van der Waals surface area contributed by atoms with E-state index < -0.39 is 0 Å². The van der Waals surface area contributed by atoms with Crippen molar-refractivity contribution in [1.82, 2.24) is 0 Å². The van der Waals surface area contributed by atoms with E-state index in [0.717, 1.165) is 12.0 Å². The average molecular weight is 138 g/mol. The lowest BCUT2D eigenvalue weighted by Crippen LogP contribution is -1.77. The molecule has 1 aliphatic carbocycles. The third kappa shape index (κ3) is 1.83. The van der Waals surface area contributed by atoms with Gasteiger partial charge in [0.05, 0.1) is 0 Å². The molecule has 1 rings (SSSR count). The van der Waals surface area contributed by atoms with Gasteiger partial charge in [0.15, 0.2) is 0 Å². The number of halogens is 1. The fourth-order valence-corrected chi connectivity index (χ4v) is 0.870. The minimum Gasteiger partial charge on any atom is -0.246 e. The summed E-state index contributed by atoms with van der Waals surface area (Å²) in [6, 6.07) is 0. The molecule has 0 aliphatic heterocycles. The van der Waals surface area contributed by atoms with Gasteiger partial charge in [-0.05, 0) is 18.9 Å². The second kappa shape index (κ2) is 3.35. The van der Waals surface area contributed by atoms with Crippen LogP contribution >= 0.6 is 0 Å². The van der Waals surface area contributed by atoms with Crippen LogP contribution in [0.1, 0.15) is 13.3 Å². The van der Waals surface area contributed by atoms with E-state index in [-0.39, 0.29) is 6.67 Å². The lowest BCUT2D eigenvalue weighted by atomic mass is 10.2. The summed E-state index contributed by atoms with van der Waals surface area (Å²) in [5, 5.41) is 0. The molecule has 0 atom stereocenters. The fraction of sp³-hybridized carbons (Fsp3) is 0.333. The second-order valence-corrected chi connectivity index (χ2v) is 2.43. The van der Waals surface area contributed by atoms with Crippen LogP contribution in [0, 0.1) is 0 Å². The maximum Gasteiger partial charge on any atom is 0.114 e. The molecule has 0 unspecified atom stereocenters. The van der Waals surface area contributed by atoms with Gasteiger partial charge in [-0.3, -0.25) is 0 Å². The van der Waals surface area contributed by atoms with E-state index in [9.17, 15) is 4.39 Å². The van der Waals surface area contributed by atoms with E-state index in [1.165, 1.54) is 5.57 Å². The first-order valence-corrected chi connectivity index (χ1v) is 3.43. The van der Waals surface area contributed by atoms with Crippen LogP contribution in [0.15, 0.2) is 35.5 Å². The van der Waals surface area contributed by atoms with Gasteiger partial charge in [0, 0.05) is 0 Å². The summed E-state index contributed by atoms with van der Waals surface area (Å²) < 4.78 is 12.0. The first-order chi connectivity index (χ1) is 4.83. The highest BCUT2D eigenvalue weighted by atomic mass is 19.1. The second-order valence-electron chi connectivity index (χ2n) is 2.43. The zero-order chi connectivity index (χ0) is 7.40. The van der Waals surface area contributed by atoms with Crippen molar-refractivity contribution in [3.8, 4) is 0 Å². The molecule has 1 aliphatic rings. The third-order valence-electron chi connectivity index (χ3n) is 1.53. The van der Waals surface area contributed by atoms with Gasteiger partial charge < -0.3 is 0 Å². The average Bonchev–Trinajstić information content (AvgIpc) is 2.14. The van der Waals surface area contributed by atoms with Crippen molar-refractivity contribution in [2.75, 3.05) is 6.67 Å². The first kappa shape index (κ1) is 7.26. The Balaban J connectivity index is 2.69. The number of hydrogen-bond donors (Lipinski definition) is 0. The smallest absolute Gasteiger partial charge is 0.114 e. The van der Waals surface area contributed by atoms with Crippen LogP contribution in [0.2, 0.25) is 0 Å². The summed E-state index contributed by atoms with van der Waals surface area (Å²) >= 11 is 0. The van der Waals surface area contributed by atoms with Gasteiger partial charge in [-0.2, -0.15) is 0 Å². The van der Waals surface area contributed by atoms with Crippen LogP contribution in [0.25, 0.3) is 0 Å². The van der Waals surface area contributed by atoms with Crippen LogP contribution in [-0.2, 0) is 0 Å². The summed E-state index contributed by atoms with van der Waals surface area (Å²) in [5.74, 6) is 0. The van der Waals surface area contributed by atoms with Crippen LogP contribution in [0.4, 0.5) is 4.39 Å². The molecule has 0 aromatic heterocycles. The molecule has 0 amide bonds. The van der Waals surface area contributed by atoms with Gasteiger partial charge >= 0.3 is 0 Å². The van der Waals surface area contributed by atoms with E-state index >= 15 is 0 Å². The van der Waals surface area contributed by atoms with Crippen LogP contribution in [0.3, 0.4) is 0 Å². The summed E-state index contributed by atoms with van der Waals surface area (Å²) in [5.41, 5.74) is 1.99. The van der Waals surface area contributed by atoms with Crippen molar-refractivity contribution < 1.29 is 4.39 Å². The SMILES string of the molecule is CC1=CCC=C(CF)C=C1. The summed E-state index contributed by atoms with van der Waals surface area (Å²) in [7, 11) is 0. The highest BCUT2D eigenvalue weighted by Gasteiger charge is 1.93. The maximum absolute atomic E-state index is 12.0. The molecule has 0 spiro atoms. The van der Waals surface area contributed by atoms with E-state index in [4.69, 9.17) is 0 Å². The number of hydrogen-bond acceptors (Lipinski definition) is 0. The Kier molecular flexibility index (Phi) is 2.43. The Morgan fingerprint density at radius 3 is 2.90 bits per heavy atom. The van der Waals surface area contributed by atoms with Gasteiger partial charge in [-0.15, -0.1) is 0 Å². The van der Waals surface area contributed by atoms with Crippen molar-refractivity contribution in [1.29, 1.82) is 0 Å². The molecular formula is C9H11F. The highest BCUT2D eigenvalue weighted by Crippen LogP contribution is 2.09. The maximum atomic E-state index is 12.0. The van der Waals surface area contributed by atoms with Gasteiger partial charge in [0.2, 0.25) is 0 Å². The van der Waals surface area contributed by atoms with Gasteiger partial charge in [-0.25, -0.2) is 4.39 Å². The molecule has 1 heteroatoms. The Morgan fingerprint density at radius 2 is 2.20 bits per heavy atom. The third-order valence-corrected chi connectivity index (χ3v) is 1.53. The van der Waals surface area contributed by atoms with Crippen LogP contribution in [0.5, 0.6) is 0 Å². The van der Waals surface area contributed by atoms with Crippen molar-refractivity contribution in [3.05, 3.63) is 35.5 Å². The largest absolute Gasteiger partial charge is 0.246 e. The number of alkyl halides is 1. The molecular weight excluding hydrogens is 127 g/mol. The number of rotatable bonds is 1. The number of allylic oxidation sites excluding steroid dienone is 6. The molecule has 0 bridgehead atoms. The van der Waals surface area contributed by atoms with Crippen LogP contribution in [-0.4, -0.2) is 6.67 Å². The highest BCUT2D eigenvalue weighted by molar-refractivity contribution is 5.31. The van der Waals surface area contributed by atoms with E-state index in [2.05, 4.69) is 6.08 Å². The normalized spacial score (nSPS) is 17.8. The molecule has 0 nitrogen and oxygen atoms in total. The standard InChI is InChI=1S/C9H11F/c1-8-3-2-4-9(7-10)6-5-8/h3-6H,2,7H2,1H3. The molecule has 0 heterocycles. The molecule has 0 saturated heterocycles. The molecule has 0 aromatic carbocycles. The van der Waals surface area contributed by atoms with Gasteiger partial charge in [0.1, 0.15) is 6.67 Å². The topological polar surface area (TPSA) is 0 Å². The zero-order valence-electron chi connectivity index (χ0n) is 6.10. The Hall–Kier alpha value is -0.850. The van der Waals surface area contributed by atoms with E-state index in [1.54, 1.807) is 0 Å². The van der Waals surface area contributed by atoms with Crippen molar-refractivity contribution in [3.63, 3.8) is 0 Å². The zero-order valence-corrected chi connectivity index (χ0v) is 6.10. The monoisotopic (exact) mass is 138 g/mol. The molecule has 0 fully saturated rings. The lowest BCUT2D eigenvalue weighted by molar-refractivity contribution is 0.549. The van der Waals surface area contributed by atoms with E-state index in [1.807, 2.05) is 25.2 Å². The van der Waals surface area contributed by atoms with E-state index in [0.29, 0.717) is 0 Å². The first-order valence-electron chi connectivity index (χ1n) is 3.43. The quantitative estimate of drug-likeness (QED) is 0.522. The van der Waals surface area contributed by atoms with Crippen LogP contribution < -0.4 is 0 Å².